The van der Waals surface area contributed by atoms with Crippen LogP contribution in [0.3, 0.4) is 0 Å². The highest BCUT2D eigenvalue weighted by atomic mass is 16.5. The lowest BCUT2D eigenvalue weighted by Crippen LogP contribution is -2.18. The second-order valence-electron chi connectivity index (χ2n) is 3.99. The average Bonchev–Trinajstić information content (AvgIpc) is 2.22. The Bertz CT molecular complexity index is 324. The summed E-state index contributed by atoms with van der Waals surface area (Å²) in [7, 11) is 1.70. The molecule has 0 spiro atoms. The molecular formula is C13H21NO2. The van der Waals surface area contributed by atoms with E-state index in [1.165, 1.54) is 0 Å². The fraction of sp³-hybridized carbons (Fsp3) is 0.538. The Morgan fingerprint density at radius 2 is 2.12 bits per heavy atom. The first-order valence-electron chi connectivity index (χ1n) is 5.66. The van der Waals surface area contributed by atoms with Crippen molar-refractivity contribution >= 4 is 0 Å². The van der Waals surface area contributed by atoms with Crippen LogP contribution >= 0.6 is 0 Å². The van der Waals surface area contributed by atoms with Gasteiger partial charge in [0, 0.05) is 13.2 Å². The van der Waals surface area contributed by atoms with Gasteiger partial charge in [0.05, 0.1) is 13.2 Å². The maximum Gasteiger partial charge on any atom is 0.122 e. The molecule has 3 nitrogen and oxygen atoms in total. The molecule has 0 aliphatic rings. The van der Waals surface area contributed by atoms with Crippen molar-refractivity contribution in [1.82, 2.24) is 0 Å². The number of hydrogen-bond acceptors (Lipinski definition) is 3. The second kappa shape index (κ2) is 6.51. The van der Waals surface area contributed by atoms with Gasteiger partial charge in [-0.3, -0.25) is 0 Å². The Labute approximate surface area is 97.6 Å². The standard InChI is InChI=1S/C13H21NO2/c1-4-16-13-6-5-11(9-15-3)8-12(13)7-10(2)14/h5-6,8,10H,4,7,9,14H2,1-3H3. The zero-order valence-electron chi connectivity index (χ0n) is 10.3. The van der Waals surface area contributed by atoms with Crippen LogP contribution in [0.4, 0.5) is 0 Å². The summed E-state index contributed by atoms with van der Waals surface area (Å²) in [4.78, 5) is 0. The van der Waals surface area contributed by atoms with Crippen molar-refractivity contribution in [2.45, 2.75) is 32.9 Å². The molecule has 1 atom stereocenters. The van der Waals surface area contributed by atoms with Gasteiger partial charge in [0.2, 0.25) is 0 Å². The summed E-state index contributed by atoms with van der Waals surface area (Å²) in [5, 5.41) is 0. The van der Waals surface area contributed by atoms with Crippen LogP contribution in [0, 0.1) is 0 Å². The van der Waals surface area contributed by atoms with Crippen LogP contribution in [0.5, 0.6) is 5.75 Å². The third-order valence-corrected chi connectivity index (χ3v) is 2.28. The third-order valence-electron chi connectivity index (χ3n) is 2.28. The summed E-state index contributed by atoms with van der Waals surface area (Å²) < 4.78 is 10.7. The molecule has 1 aromatic carbocycles. The molecule has 16 heavy (non-hydrogen) atoms. The summed E-state index contributed by atoms with van der Waals surface area (Å²) >= 11 is 0. The quantitative estimate of drug-likeness (QED) is 0.803. The Balaban J connectivity index is 2.91. The van der Waals surface area contributed by atoms with Gasteiger partial charge >= 0.3 is 0 Å². The number of methoxy groups -OCH3 is 1. The minimum absolute atomic E-state index is 0.136. The van der Waals surface area contributed by atoms with Crippen LogP contribution in [-0.4, -0.2) is 19.8 Å². The van der Waals surface area contributed by atoms with Crippen LogP contribution in [-0.2, 0) is 17.8 Å². The highest BCUT2D eigenvalue weighted by Crippen LogP contribution is 2.22. The van der Waals surface area contributed by atoms with Crippen molar-refractivity contribution in [3.05, 3.63) is 29.3 Å². The molecule has 1 aromatic rings. The molecule has 0 aliphatic heterocycles. The van der Waals surface area contributed by atoms with Crippen molar-refractivity contribution in [3.8, 4) is 5.75 Å². The topological polar surface area (TPSA) is 44.5 Å². The summed E-state index contributed by atoms with van der Waals surface area (Å²) in [6.07, 6.45) is 0.826. The van der Waals surface area contributed by atoms with E-state index < -0.39 is 0 Å². The van der Waals surface area contributed by atoms with Crippen LogP contribution in [0.1, 0.15) is 25.0 Å². The Kier molecular flexibility index (Phi) is 5.29. The average molecular weight is 223 g/mol. The molecule has 0 saturated carbocycles. The lowest BCUT2D eigenvalue weighted by atomic mass is 10.0. The molecule has 3 heteroatoms. The van der Waals surface area contributed by atoms with E-state index in [0.29, 0.717) is 13.2 Å². The molecule has 90 valence electrons. The lowest BCUT2D eigenvalue weighted by molar-refractivity contribution is 0.184. The van der Waals surface area contributed by atoms with Gasteiger partial charge in [0.1, 0.15) is 5.75 Å². The van der Waals surface area contributed by atoms with Crippen molar-refractivity contribution < 1.29 is 9.47 Å². The molecule has 0 aromatic heterocycles. The predicted octanol–water partition coefficient (Wildman–Crippen LogP) is 2.12. The van der Waals surface area contributed by atoms with Crippen molar-refractivity contribution in [3.63, 3.8) is 0 Å². The van der Waals surface area contributed by atoms with E-state index >= 15 is 0 Å². The first-order chi connectivity index (χ1) is 7.67. The molecular weight excluding hydrogens is 202 g/mol. The first-order valence-corrected chi connectivity index (χ1v) is 5.66. The highest BCUT2D eigenvalue weighted by Gasteiger charge is 2.07. The van der Waals surface area contributed by atoms with Gasteiger partial charge in [-0.05, 0) is 43.5 Å². The van der Waals surface area contributed by atoms with Crippen LogP contribution < -0.4 is 10.5 Å². The fourth-order valence-corrected chi connectivity index (χ4v) is 1.69. The molecule has 0 saturated heterocycles. The van der Waals surface area contributed by atoms with Crippen LogP contribution in [0.25, 0.3) is 0 Å². The Morgan fingerprint density at radius 1 is 1.38 bits per heavy atom. The van der Waals surface area contributed by atoms with E-state index in [0.717, 1.165) is 23.3 Å². The molecule has 0 heterocycles. The normalized spacial score (nSPS) is 12.5. The number of rotatable bonds is 6. The van der Waals surface area contributed by atoms with Gasteiger partial charge < -0.3 is 15.2 Å². The van der Waals surface area contributed by atoms with E-state index in [-0.39, 0.29) is 6.04 Å². The summed E-state index contributed by atoms with van der Waals surface area (Å²) in [6.45, 7) is 5.28. The number of hydrogen-bond donors (Lipinski definition) is 1. The summed E-state index contributed by atoms with van der Waals surface area (Å²) in [5.74, 6) is 0.930. The van der Waals surface area contributed by atoms with Crippen LogP contribution in [0.15, 0.2) is 18.2 Å². The monoisotopic (exact) mass is 223 g/mol. The molecule has 0 amide bonds. The van der Waals surface area contributed by atoms with Gasteiger partial charge in [-0.2, -0.15) is 0 Å². The third kappa shape index (κ3) is 3.83. The van der Waals surface area contributed by atoms with E-state index in [1.54, 1.807) is 7.11 Å². The maximum absolute atomic E-state index is 5.83. The summed E-state index contributed by atoms with van der Waals surface area (Å²) in [6, 6.07) is 6.27. The zero-order chi connectivity index (χ0) is 12.0. The molecule has 1 unspecified atom stereocenters. The minimum Gasteiger partial charge on any atom is -0.494 e. The molecule has 0 aliphatic carbocycles. The molecule has 2 N–H and O–H groups in total. The second-order valence-corrected chi connectivity index (χ2v) is 3.99. The van der Waals surface area contributed by atoms with E-state index in [9.17, 15) is 0 Å². The molecule has 0 bridgehead atoms. The zero-order valence-corrected chi connectivity index (χ0v) is 10.3. The number of ether oxygens (including phenoxy) is 2. The molecule has 1 rings (SSSR count). The molecule has 0 fully saturated rings. The van der Waals surface area contributed by atoms with E-state index in [2.05, 4.69) is 6.07 Å². The van der Waals surface area contributed by atoms with Crippen LogP contribution in [0.2, 0.25) is 0 Å². The Morgan fingerprint density at radius 3 is 2.69 bits per heavy atom. The Hall–Kier alpha value is -1.06. The summed E-state index contributed by atoms with van der Waals surface area (Å²) in [5.41, 5.74) is 8.14. The maximum atomic E-state index is 5.83. The predicted molar refractivity (Wildman–Crippen MR) is 65.7 cm³/mol. The first kappa shape index (κ1) is 13.0. The van der Waals surface area contributed by atoms with Gasteiger partial charge in [-0.1, -0.05) is 6.07 Å². The molecule has 0 radical (unpaired) electrons. The van der Waals surface area contributed by atoms with Crippen molar-refractivity contribution in [2.24, 2.45) is 5.73 Å². The number of nitrogens with two attached hydrogens (primary N) is 1. The minimum atomic E-state index is 0.136. The largest absolute Gasteiger partial charge is 0.494 e. The van der Waals surface area contributed by atoms with Gasteiger partial charge in [-0.25, -0.2) is 0 Å². The van der Waals surface area contributed by atoms with E-state index in [4.69, 9.17) is 15.2 Å². The highest BCUT2D eigenvalue weighted by molar-refractivity contribution is 5.37. The SMILES string of the molecule is CCOc1ccc(COC)cc1CC(C)N. The van der Waals surface area contributed by atoms with Gasteiger partial charge in [-0.15, -0.1) is 0 Å². The van der Waals surface area contributed by atoms with Crippen molar-refractivity contribution in [1.29, 1.82) is 0 Å². The van der Waals surface area contributed by atoms with Gasteiger partial charge in [0.15, 0.2) is 0 Å². The van der Waals surface area contributed by atoms with Gasteiger partial charge in [0.25, 0.3) is 0 Å². The van der Waals surface area contributed by atoms with Crippen molar-refractivity contribution in [2.75, 3.05) is 13.7 Å². The smallest absolute Gasteiger partial charge is 0.122 e. The van der Waals surface area contributed by atoms with E-state index in [1.807, 2.05) is 26.0 Å². The fourth-order valence-electron chi connectivity index (χ4n) is 1.69. The lowest BCUT2D eigenvalue weighted by Gasteiger charge is -2.13. The number of benzene rings is 1.